The summed E-state index contributed by atoms with van der Waals surface area (Å²) in [6.07, 6.45) is 0.822. The number of carbonyl (C=O) groups excluding carboxylic acids is 1. The molecule has 0 radical (unpaired) electrons. The van der Waals surface area contributed by atoms with Crippen molar-refractivity contribution >= 4 is 11.6 Å². The Labute approximate surface area is 102 Å². The van der Waals surface area contributed by atoms with Crippen molar-refractivity contribution in [2.45, 2.75) is 13.3 Å². The first-order valence-electron chi connectivity index (χ1n) is 5.74. The summed E-state index contributed by atoms with van der Waals surface area (Å²) >= 11 is 0. The van der Waals surface area contributed by atoms with Gasteiger partial charge in [0.05, 0.1) is 5.56 Å². The molecule has 0 aliphatic heterocycles. The number of nitrogens with one attached hydrogen (secondary N) is 2. The first-order chi connectivity index (χ1) is 8.19. The number of amides is 1. The molecule has 1 aromatic carbocycles. The molecule has 2 N–H and O–H groups in total. The molecule has 0 fully saturated rings. The number of rotatable bonds is 6. The van der Waals surface area contributed by atoms with Gasteiger partial charge in [0.25, 0.3) is 5.91 Å². The number of carbonyl (C=O) groups is 1. The van der Waals surface area contributed by atoms with E-state index >= 15 is 0 Å². The lowest BCUT2D eigenvalue weighted by Gasteiger charge is -2.10. The molecule has 0 unspecified atom stereocenters. The molecule has 0 aromatic heterocycles. The number of benzene rings is 1. The van der Waals surface area contributed by atoms with E-state index in [2.05, 4.69) is 10.6 Å². The van der Waals surface area contributed by atoms with Gasteiger partial charge in [-0.05, 0) is 25.5 Å². The summed E-state index contributed by atoms with van der Waals surface area (Å²) in [7, 11) is 3.47. The monoisotopic (exact) mass is 236 g/mol. The molecular formula is C13H20N2O2. The van der Waals surface area contributed by atoms with Gasteiger partial charge in [-0.1, -0.05) is 11.6 Å². The maximum Gasteiger partial charge on any atom is 0.253 e. The maximum atomic E-state index is 11.9. The molecule has 1 amide bonds. The number of hydrogen-bond acceptors (Lipinski definition) is 3. The van der Waals surface area contributed by atoms with Crippen molar-refractivity contribution in [3.8, 4) is 0 Å². The minimum absolute atomic E-state index is 0.0471. The van der Waals surface area contributed by atoms with Gasteiger partial charge >= 0.3 is 0 Å². The number of hydrogen-bond donors (Lipinski definition) is 2. The van der Waals surface area contributed by atoms with Gasteiger partial charge in [0.15, 0.2) is 0 Å². The molecule has 0 bridgehead atoms. The van der Waals surface area contributed by atoms with Crippen LogP contribution in [0.15, 0.2) is 18.2 Å². The normalized spacial score (nSPS) is 10.1. The summed E-state index contributed by atoms with van der Waals surface area (Å²) < 4.78 is 4.93. The molecule has 17 heavy (non-hydrogen) atoms. The molecule has 1 rings (SSSR count). The van der Waals surface area contributed by atoms with Gasteiger partial charge in [0.1, 0.15) is 0 Å². The third-order valence-electron chi connectivity index (χ3n) is 2.50. The van der Waals surface area contributed by atoms with Crippen LogP contribution in [-0.4, -0.2) is 33.2 Å². The minimum atomic E-state index is -0.0471. The summed E-state index contributed by atoms with van der Waals surface area (Å²) in [5.41, 5.74) is 2.61. The first kappa shape index (κ1) is 13.5. The van der Waals surface area contributed by atoms with Crippen LogP contribution in [0.1, 0.15) is 22.3 Å². The number of aryl methyl sites for hydroxylation is 1. The van der Waals surface area contributed by atoms with Crippen LogP contribution in [0, 0.1) is 6.92 Å². The highest BCUT2D eigenvalue weighted by molar-refractivity contribution is 5.99. The summed E-state index contributed by atoms with van der Waals surface area (Å²) in [5, 5.41) is 5.90. The molecule has 0 atom stereocenters. The largest absolute Gasteiger partial charge is 0.387 e. The number of methoxy groups -OCH3 is 1. The van der Waals surface area contributed by atoms with E-state index in [1.807, 2.05) is 32.2 Å². The van der Waals surface area contributed by atoms with Crippen molar-refractivity contribution < 1.29 is 9.53 Å². The second kappa shape index (κ2) is 6.91. The average molecular weight is 236 g/mol. The molecule has 4 heteroatoms. The lowest BCUT2D eigenvalue weighted by molar-refractivity contribution is 0.0949. The zero-order valence-corrected chi connectivity index (χ0v) is 10.7. The van der Waals surface area contributed by atoms with Crippen LogP contribution in [0.25, 0.3) is 0 Å². The molecule has 0 aliphatic rings. The van der Waals surface area contributed by atoms with Crippen molar-refractivity contribution in [3.05, 3.63) is 29.3 Å². The fraction of sp³-hybridized carbons (Fsp3) is 0.462. The summed E-state index contributed by atoms with van der Waals surface area (Å²) in [4.78, 5) is 11.9. The van der Waals surface area contributed by atoms with E-state index in [9.17, 15) is 4.79 Å². The zero-order chi connectivity index (χ0) is 12.7. The molecule has 0 spiro atoms. The topological polar surface area (TPSA) is 50.4 Å². The molecule has 0 saturated carbocycles. The molecule has 0 saturated heterocycles. The highest BCUT2D eigenvalue weighted by Crippen LogP contribution is 2.16. The lowest BCUT2D eigenvalue weighted by Crippen LogP contribution is -2.26. The summed E-state index contributed by atoms with van der Waals surface area (Å²) in [5.74, 6) is -0.0471. The second-order valence-electron chi connectivity index (χ2n) is 3.90. The molecular weight excluding hydrogens is 216 g/mol. The van der Waals surface area contributed by atoms with Gasteiger partial charge in [0.2, 0.25) is 0 Å². The number of ether oxygens (including phenoxy) is 1. The Morgan fingerprint density at radius 1 is 1.41 bits per heavy atom. The van der Waals surface area contributed by atoms with Crippen molar-refractivity contribution in [2.75, 3.05) is 32.6 Å². The highest BCUT2D eigenvalue weighted by Gasteiger charge is 2.09. The Hall–Kier alpha value is -1.55. The predicted octanol–water partition coefficient (Wildman–Crippen LogP) is 1.80. The van der Waals surface area contributed by atoms with E-state index in [1.165, 1.54) is 0 Å². The van der Waals surface area contributed by atoms with E-state index < -0.39 is 0 Å². The van der Waals surface area contributed by atoms with Crippen molar-refractivity contribution in [1.82, 2.24) is 5.32 Å². The van der Waals surface area contributed by atoms with Gasteiger partial charge in [0, 0.05) is 33.0 Å². The minimum Gasteiger partial charge on any atom is -0.387 e. The van der Waals surface area contributed by atoms with Crippen molar-refractivity contribution in [3.63, 3.8) is 0 Å². The van der Waals surface area contributed by atoms with Gasteiger partial charge in [-0.3, -0.25) is 4.79 Å². The Morgan fingerprint density at radius 2 is 2.18 bits per heavy atom. The fourth-order valence-electron chi connectivity index (χ4n) is 1.58. The first-order valence-corrected chi connectivity index (χ1v) is 5.74. The maximum absolute atomic E-state index is 11.9. The Morgan fingerprint density at radius 3 is 2.82 bits per heavy atom. The molecule has 94 valence electrons. The van der Waals surface area contributed by atoms with Gasteiger partial charge in [-0.25, -0.2) is 0 Å². The van der Waals surface area contributed by atoms with E-state index in [4.69, 9.17) is 4.74 Å². The molecule has 0 aliphatic carbocycles. The van der Waals surface area contributed by atoms with E-state index in [0.717, 1.165) is 17.7 Å². The van der Waals surface area contributed by atoms with Gasteiger partial charge < -0.3 is 15.4 Å². The zero-order valence-electron chi connectivity index (χ0n) is 10.7. The van der Waals surface area contributed by atoms with Crippen LogP contribution in [0.5, 0.6) is 0 Å². The van der Waals surface area contributed by atoms with Gasteiger partial charge in [-0.2, -0.15) is 0 Å². The Bertz CT molecular complexity index is 378. The standard InChI is InChI=1S/C13H20N2O2/c1-10-5-6-12(14-2)11(9-10)13(16)15-7-4-8-17-3/h5-6,9,14H,4,7-8H2,1-3H3,(H,15,16). The average Bonchev–Trinajstić information content (AvgIpc) is 2.34. The van der Waals surface area contributed by atoms with Crippen LogP contribution >= 0.6 is 0 Å². The van der Waals surface area contributed by atoms with Crippen LogP contribution in [0.4, 0.5) is 5.69 Å². The Balaban J connectivity index is 2.64. The molecule has 0 heterocycles. The second-order valence-corrected chi connectivity index (χ2v) is 3.90. The predicted molar refractivity (Wildman–Crippen MR) is 69.6 cm³/mol. The number of anilines is 1. The van der Waals surface area contributed by atoms with Crippen LogP contribution in [0.3, 0.4) is 0 Å². The molecule has 4 nitrogen and oxygen atoms in total. The summed E-state index contributed by atoms with van der Waals surface area (Å²) in [6, 6.07) is 5.78. The van der Waals surface area contributed by atoms with Crippen molar-refractivity contribution in [2.24, 2.45) is 0 Å². The van der Waals surface area contributed by atoms with Crippen molar-refractivity contribution in [1.29, 1.82) is 0 Å². The lowest BCUT2D eigenvalue weighted by atomic mass is 10.1. The quantitative estimate of drug-likeness (QED) is 0.741. The SMILES string of the molecule is CNc1ccc(C)cc1C(=O)NCCCOC. The van der Waals surface area contributed by atoms with Gasteiger partial charge in [-0.15, -0.1) is 0 Å². The van der Waals surface area contributed by atoms with E-state index in [-0.39, 0.29) is 5.91 Å². The third-order valence-corrected chi connectivity index (χ3v) is 2.50. The van der Waals surface area contributed by atoms with Crippen LogP contribution in [-0.2, 0) is 4.74 Å². The van der Waals surface area contributed by atoms with E-state index in [0.29, 0.717) is 18.7 Å². The van der Waals surface area contributed by atoms with E-state index in [1.54, 1.807) is 7.11 Å². The fourth-order valence-corrected chi connectivity index (χ4v) is 1.58. The smallest absolute Gasteiger partial charge is 0.253 e. The Kier molecular flexibility index (Phi) is 5.49. The van der Waals surface area contributed by atoms with Crippen LogP contribution < -0.4 is 10.6 Å². The van der Waals surface area contributed by atoms with Crippen LogP contribution in [0.2, 0.25) is 0 Å². The summed E-state index contributed by atoms with van der Waals surface area (Å²) in [6.45, 7) is 3.26. The third kappa shape index (κ3) is 4.07. The molecule has 1 aromatic rings. The highest BCUT2D eigenvalue weighted by atomic mass is 16.5.